The number of carbonyl (C=O) groups is 1. The molecule has 0 bridgehead atoms. The molecule has 1 aromatic carbocycles. The summed E-state index contributed by atoms with van der Waals surface area (Å²) < 4.78 is 5.33. The zero-order valence-corrected chi connectivity index (χ0v) is 14.1. The van der Waals surface area contributed by atoms with Crippen LogP contribution in [0.2, 0.25) is 0 Å². The number of thiophene rings is 1. The average molecular weight is 341 g/mol. The second kappa shape index (κ2) is 6.84. The quantitative estimate of drug-likeness (QED) is 0.792. The predicted octanol–water partition coefficient (Wildman–Crippen LogP) is 2.51. The Kier molecular flexibility index (Phi) is 4.42. The summed E-state index contributed by atoms with van der Waals surface area (Å²) in [6.07, 6.45) is 0. The first-order valence-corrected chi connectivity index (χ1v) is 8.99. The Morgan fingerprint density at radius 3 is 2.92 bits per heavy atom. The van der Waals surface area contributed by atoms with Crippen LogP contribution in [0, 0.1) is 0 Å². The fourth-order valence-electron chi connectivity index (χ4n) is 2.93. The molecular formula is C18H19N3O2S. The number of fused-ring (bicyclic) bond motifs is 2. The van der Waals surface area contributed by atoms with Crippen molar-refractivity contribution in [2.24, 2.45) is 0 Å². The van der Waals surface area contributed by atoms with E-state index in [0.29, 0.717) is 6.54 Å². The topological polar surface area (TPSA) is 54.5 Å². The van der Waals surface area contributed by atoms with Crippen LogP contribution in [0.1, 0.15) is 9.67 Å². The Morgan fingerprint density at radius 1 is 1.21 bits per heavy atom. The largest absolute Gasteiger partial charge is 0.379 e. The van der Waals surface area contributed by atoms with Gasteiger partial charge in [-0.05, 0) is 18.2 Å². The van der Waals surface area contributed by atoms with Gasteiger partial charge in [-0.3, -0.25) is 9.69 Å². The SMILES string of the molecule is O=C(NCCN1CCOCC1)c1cc2cc3ccccc3nc2s1. The Morgan fingerprint density at radius 2 is 2.04 bits per heavy atom. The summed E-state index contributed by atoms with van der Waals surface area (Å²) in [5.41, 5.74) is 0.964. The van der Waals surface area contributed by atoms with Gasteiger partial charge < -0.3 is 10.1 Å². The first-order valence-electron chi connectivity index (χ1n) is 8.17. The van der Waals surface area contributed by atoms with Crippen LogP contribution in [0.5, 0.6) is 0 Å². The summed E-state index contributed by atoms with van der Waals surface area (Å²) in [4.78, 5) is 21.0. The van der Waals surface area contributed by atoms with E-state index in [1.807, 2.05) is 30.3 Å². The van der Waals surface area contributed by atoms with Gasteiger partial charge in [0.15, 0.2) is 0 Å². The van der Waals surface area contributed by atoms with Crippen molar-refractivity contribution in [1.29, 1.82) is 0 Å². The zero-order chi connectivity index (χ0) is 16.4. The minimum atomic E-state index is -0.0182. The molecule has 3 heterocycles. The van der Waals surface area contributed by atoms with Gasteiger partial charge in [-0.25, -0.2) is 4.98 Å². The number of morpholine rings is 1. The minimum absolute atomic E-state index is 0.0182. The normalized spacial score (nSPS) is 15.8. The van der Waals surface area contributed by atoms with Crippen molar-refractivity contribution >= 4 is 38.4 Å². The molecule has 0 spiro atoms. The number of para-hydroxylation sites is 1. The van der Waals surface area contributed by atoms with Crippen molar-refractivity contribution in [3.05, 3.63) is 41.3 Å². The molecule has 1 fully saturated rings. The molecule has 4 rings (SSSR count). The minimum Gasteiger partial charge on any atom is -0.379 e. The molecule has 1 N–H and O–H groups in total. The van der Waals surface area contributed by atoms with Gasteiger partial charge in [-0.2, -0.15) is 0 Å². The lowest BCUT2D eigenvalue weighted by atomic mass is 10.2. The monoisotopic (exact) mass is 341 g/mol. The Labute approximate surface area is 144 Å². The Balaban J connectivity index is 1.44. The summed E-state index contributed by atoms with van der Waals surface area (Å²) in [7, 11) is 0. The molecule has 24 heavy (non-hydrogen) atoms. The molecule has 1 aliphatic heterocycles. The number of carbonyl (C=O) groups excluding carboxylic acids is 1. The van der Waals surface area contributed by atoms with E-state index >= 15 is 0 Å². The number of aromatic nitrogens is 1. The summed E-state index contributed by atoms with van der Waals surface area (Å²) in [5, 5.41) is 5.13. The van der Waals surface area contributed by atoms with Crippen LogP contribution in [0.3, 0.4) is 0 Å². The molecule has 0 aliphatic carbocycles. The van der Waals surface area contributed by atoms with E-state index in [-0.39, 0.29) is 5.91 Å². The van der Waals surface area contributed by atoms with Crippen molar-refractivity contribution in [3.8, 4) is 0 Å². The molecule has 2 aromatic heterocycles. The standard InChI is InChI=1S/C18H19N3O2S/c22-17(19-5-6-21-7-9-23-10-8-21)16-12-14-11-13-3-1-2-4-15(13)20-18(14)24-16/h1-4,11-12H,5-10H2,(H,19,22). The van der Waals surface area contributed by atoms with Crippen LogP contribution in [0.25, 0.3) is 21.1 Å². The number of hydrogen-bond acceptors (Lipinski definition) is 5. The van der Waals surface area contributed by atoms with E-state index < -0.39 is 0 Å². The van der Waals surface area contributed by atoms with Gasteiger partial charge in [-0.1, -0.05) is 18.2 Å². The van der Waals surface area contributed by atoms with E-state index in [1.165, 1.54) is 11.3 Å². The summed E-state index contributed by atoms with van der Waals surface area (Å²) in [6.45, 7) is 4.96. The lowest BCUT2D eigenvalue weighted by Crippen LogP contribution is -2.41. The molecule has 1 amide bonds. The highest BCUT2D eigenvalue weighted by molar-refractivity contribution is 7.20. The number of nitrogens with one attached hydrogen (secondary N) is 1. The lowest BCUT2D eigenvalue weighted by Gasteiger charge is -2.26. The van der Waals surface area contributed by atoms with Gasteiger partial charge >= 0.3 is 0 Å². The molecule has 0 atom stereocenters. The van der Waals surface area contributed by atoms with E-state index in [0.717, 1.165) is 58.8 Å². The summed E-state index contributed by atoms with van der Waals surface area (Å²) in [5.74, 6) is -0.0182. The highest BCUT2D eigenvalue weighted by Crippen LogP contribution is 2.27. The van der Waals surface area contributed by atoms with Crippen molar-refractivity contribution in [1.82, 2.24) is 15.2 Å². The molecule has 0 unspecified atom stereocenters. The maximum absolute atomic E-state index is 12.4. The number of benzene rings is 1. The number of rotatable bonds is 4. The second-order valence-corrected chi connectivity index (χ2v) is 6.93. The zero-order valence-electron chi connectivity index (χ0n) is 13.3. The third-order valence-corrected chi connectivity index (χ3v) is 5.29. The maximum Gasteiger partial charge on any atom is 0.261 e. The van der Waals surface area contributed by atoms with E-state index in [2.05, 4.69) is 21.3 Å². The average Bonchev–Trinajstić information content (AvgIpc) is 3.03. The van der Waals surface area contributed by atoms with Gasteiger partial charge in [0, 0.05) is 37.0 Å². The first kappa shape index (κ1) is 15.5. The van der Waals surface area contributed by atoms with Crippen LogP contribution in [-0.2, 0) is 4.74 Å². The number of amides is 1. The number of ether oxygens (including phenoxy) is 1. The van der Waals surface area contributed by atoms with Gasteiger partial charge in [0.25, 0.3) is 5.91 Å². The summed E-state index contributed by atoms with van der Waals surface area (Å²) >= 11 is 1.45. The summed E-state index contributed by atoms with van der Waals surface area (Å²) in [6, 6.07) is 12.1. The van der Waals surface area contributed by atoms with Crippen LogP contribution in [-0.4, -0.2) is 55.2 Å². The fraction of sp³-hybridized carbons (Fsp3) is 0.333. The van der Waals surface area contributed by atoms with Gasteiger partial charge in [0.2, 0.25) is 0 Å². The molecule has 1 saturated heterocycles. The molecule has 6 heteroatoms. The molecule has 3 aromatic rings. The Hall–Kier alpha value is -2.02. The van der Waals surface area contributed by atoms with Gasteiger partial charge in [-0.15, -0.1) is 11.3 Å². The van der Waals surface area contributed by atoms with Crippen molar-refractivity contribution in [3.63, 3.8) is 0 Å². The lowest BCUT2D eigenvalue weighted by molar-refractivity contribution is 0.0383. The van der Waals surface area contributed by atoms with Crippen LogP contribution < -0.4 is 5.32 Å². The van der Waals surface area contributed by atoms with Gasteiger partial charge in [0.05, 0.1) is 23.6 Å². The van der Waals surface area contributed by atoms with Crippen molar-refractivity contribution < 1.29 is 9.53 Å². The molecular weight excluding hydrogens is 322 g/mol. The maximum atomic E-state index is 12.4. The van der Waals surface area contributed by atoms with Crippen molar-refractivity contribution in [2.75, 3.05) is 39.4 Å². The van der Waals surface area contributed by atoms with Crippen LogP contribution in [0.15, 0.2) is 36.4 Å². The number of nitrogens with zero attached hydrogens (tertiary/aromatic N) is 2. The van der Waals surface area contributed by atoms with Crippen LogP contribution in [0.4, 0.5) is 0 Å². The third-order valence-electron chi connectivity index (χ3n) is 4.25. The first-order chi connectivity index (χ1) is 11.8. The Bertz CT molecular complexity index is 818. The highest BCUT2D eigenvalue weighted by Gasteiger charge is 2.13. The predicted molar refractivity (Wildman–Crippen MR) is 96.7 cm³/mol. The second-order valence-electron chi connectivity index (χ2n) is 5.90. The third kappa shape index (κ3) is 3.26. The van der Waals surface area contributed by atoms with E-state index in [9.17, 15) is 4.79 Å². The molecule has 5 nitrogen and oxygen atoms in total. The van der Waals surface area contributed by atoms with Crippen LogP contribution >= 0.6 is 11.3 Å². The highest BCUT2D eigenvalue weighted by atomic mass is 32.1. The molecule has 0 saturated carbocycles. The van der Waals surface area contributed by atoms with Crippen molar-refractivity contribution in [2.45, 2.75) is 0 Å². The molecule has 1 aliphatic rings. The smallest absolute Gasteiger partial charge is 0.261 e. The number of hydrogen-bond donors (Lipinski definition) is 1. The van der Waals surface area contributed by atoms with E-state index in [1.54, 1.807) is 0 Å². The number of pyridine rings is 1. The fourth-order valence-corrected chi connectivity index (χ4v) is 3.86. The van der Waals surface area contributed by atoms with E-state index in [4.69, 9.17) is 4.74 Å². The molecule has 0 radical (unpaired) electrons. The molecule has 124 valence electrons. The van der Waals surface area contributed by atoms with Gasteiger partial charge in [0.1, 0.15) is 4.83 Å².